The van der Waals surface area contributed by atoms with Crippen LogP contribution in [0.3, 0.4) is 0 Å². The molecule has 0 aliphatic heterocycles. The van der Waals surface area contributed by atoms with Gasteiger partial charge in [-0.2, -0.15) is 0 Å². The van der Waals surface area contributed by atoms with Gasteiger partial charge in [0.1, 0.15) is 0 Å². The molecule has 2 N–H and O–H groups in total. The van der Waals surface area contributed by atoms with Crippen LogP contribution in [0.2, 0.25) is 0 Å². The number of hydrogen-bond donors (Lipinski definition) is 2. The molecule has 0 aromatic heterocycles. The maximum Gasteiger partial charge on any atom is 0.277 e. The highest BCUT2D eigenvalue weighted by atomic mass is 15.0. The highest BCUT2D eigenvalue weighted by molar-refractivity contribution is 6.35. The van der Waals surface area contributed by atoms with Crippen LogP contribution in [0.5, 0.6) is 0 Å². The SMILES string of the molecule is Cc1ccccc1C(C=N)=[N+](C)C=N. The smallest absolute Gasteiger partial charge is 0.277 e. The fourth-order valence-electron chi connectivity index (χ4n) is 1.30. The summed E-state index contributed by atoms with van der Waals surface area (Å²) in [4.78, 5) is 0. The van der Waals surface area contributed by atoms with Crippen molar-refractivity contribution in [2.24, 2.45) is 0 Å². The standard InChI is InChI=1S/C11H14N3/c1-9-5-3-4-6-10(9)11(7-12)14(2)8-13/h3-8,12-13H,1-2H3/q+1. The Hall–Kier alpha value is -1.77. The Morgan fingerprint density at radius 3 is 2.43 bits per heavy atom. The Bertz CT molecular complexity index is 391. The molecule has 0 saturated heterocycles. The predicted molar refractivity (Wildman–Crippen MR) is 59.0 cm³/mol. The van der Waals surface area contributed by atoms with Gasteiger partial charge in [0.05, 0.1) is 13.3 Å². The van der Waals surface area contributed by atoms with Crippen LogP contribution in [0.1, 0.15) is 11.1 Å². The maximum absolute atomic E-state index is 7.32. The normalized spacial score (nSPS) is 11.9. The van der Waals surface area contributed by atoms with E-state index in [2.05, 4.69) is 0 Å². The summed E-state index contributed by atoms with van der Waals surface area (Å²) >= 11 is 0. The highest BCUT2D eigenvalue weighted by Gasteiger charge is 2.07. The van der Waals surface area contributed by atoms with Crippen molar-refractivity contribution < 1.29 is 4.58 Å². The molecule has 0 radical (unpaired) electrons. The van der Waals surface area contributed by atoms with Gasteiger partial charge in [0.25, 0.3) is 6.34 Å². The van der Waals surface area contributed by atoms with Crippen molar-refractivity contribution in [1.29, 1.82) is 10.8 Å². The molecule has 0 unspecified atom stereocenters. The van der Waals surface area contributed by atoms with Crippen LogP contribution in [0.4, 0.5) is 0 Å². The third kappa shape index (κ3) is 1.93. The molecule has 0 aliphatic carbocycles. The lowest BCUT2D eigenvalue weighted by Gasteiger charge is -2.04. The van der Waals surface area contributed by atoms with E-state index in [-0.39, 0.29) is 0 Å². The van der Waals surface area contributed by atoms with E-state index in [1.165, 1.54) is 12.6 Å². The van der Waals surface area contributed by atoms with E-state index in [1.54, 1.807) is 11.6 Å². The summed E-state index contributed by atoms with van der Waals surface area (Å²) in [6.45, 7) is 2.00. The van der Waals surface area contributed by atoms with Crippen LogP contribution in [-0.4, -0.2) is 29.9 Å². The molecule has 0 amide bonds. The van der Waals surface area contributed by atoms with Crippen molar-refractivity contribution in [1.82, 2.24) is 0 Å². The number of aryl methyl sites for hydroxylation is 1. The molecule has 0 bridgehead atoms. The first-order valence-corrected chi connectivity index (χ1v) is 4.37. The number of hydrogen-bond acceptors (Lipinski definition) is 2. The van der Waals surface area contributed by atoms with Crippen molar-refractivity contribution >= 4 is 18.3 Å². The second kappa shape index (κ2) is 4.46. The van der Waals surface area contributed by atoms with Gasteiger partial charge in [-0.15, -0.1) is 5.41 Å². The third-order valence-corrected chi connectivity index (χ3v) is 2.13. The molecule has 3 heteroatoms. The monoisotopic (exact) mass is 188 g/mol. The molecule has 1 rings (SSSR count). The third-order valence-electron chi connectivity index (χ3n) is 2.13. The molecule has 1 aromatic carbocycles. The average Bonchev–Trinajstić information content (AvgIpc) is 2.21. The van der Waals surface area contributed by atoms with Crippen molar-refractivity contribution in [2.45, 2.75) is 6.92 Å². The summed E-state index contributed by atoms with van der Waals surface area (Å²) in [6.07, 6.45) is 2.47. The fraction of sp³-hybridized carbons (Fsp3) is 0.182. The Morgan fingerprint density at radius 1 is 1.29 bits per heavy atom. The van der Waals surface area contributed by atoms with Crippen molar-refractivity contribution in [2.75, 3.05) is 7.05 Å². The Balaban J connectivity index is 3.34. The maximum atomic E-state index is 7.32. The first-order valence-electron chi connectivity index (χ1n) is 4.37. The van der Waals surface area contributed by atoms with Gasteiger partial charge >= 0.3 is 0 Å². The van der Waals surface area contributed by atoms with E-state index in [0.717, 1.165) is 16.8 Å². The molecule has 14 heavy (non-hydrogen) atoms. The molecule has 0 spiro atoms. The summed E-state index contributed by atoms with van der Waals surface area (Å²) < 4.78 is 1.62. The molecular weight excluding hydrogens is 174 g/mol. The van der Waals surface area contributed by atoms with Crippen LogP contribution in [0, 0.1) is 17.7 Å². The number of rotatable bonds is 3. The zero-order valence-electron chi connectivity index (χ0n) is 8.41. The highest BCUT2D eigenvalue weighted by Crippen LogP contribution is 2.06. The molecule has 72 valence electrons. The number of nitrogens with zero attached hydrogens (tertiary/aromatic N) is 1. The minimum Gasteiger partial charge on any atom is -0.304 e. The summed E-state index contributed by atoms with van der Waals surface area (Å²) in [5.41, 5.74) is 2.84. The zero-order chi connectivity index (χ0) is 10.6. The zero-order valence-corrected chi connectivity index (χ0v) is 8.41. The lowest BCUT2D eigenvalue weighted by Crippen LogP contribution is -2.19. The van der Waals surface area contributed by atoms with E-state index >= 15 is 0 Å². The van der Waals surface area contributed by atoms with Gasteiger partial charge in [-0.3, -0.25) is 0 Å². The quantitative estimate of drug-likeness (QED) is 0.412. The summed E-state index contributed by atoms with van der Waals surface area (Å²) in [5.74, 6) is 0. The minimum absolute atomic E-state index is 0.734. The van der Waals surface area contributed by atoms with E-state index in [9.17, 15) is 0 Å². The molecular formula is C11H14N3+. The fourth-order valence-corrected chi connectivity index (χ4v) is 1.30. The lowest BCUT2D eigenvalue weighted by atomic mass is 10.0. The molecule has 0 atom stereocenters. The summed E-state index contributed by atoms with van der Waals surface area (Å²) in [7, 11) is 1.76. The molecule has 3 nitrogen and oxygen atoms in total. The topological polar surface area (TPSA) is 50.7 Å². The van der Waals surface area contributed by atoms with Crippen LogP contribution in [0.25, 0.3) is 0 Å². The lowest BCUT2D eigenvalue weighted by molar-refractivity contribution is -0.358. The first-order chi connectivity index (χ1) is 6.70. The van der Waals surface area contributed by atoms with Gasteiger partial charge in [0.15, 0.2) is 5.71 Å². The average molecular weight is 188 g/mol. The van der Waals surface area contributed by atoms with E-state index in [1.807, 2.05) is 31.2 Å². The Kier molecular flexibility index (Phi) is 3.29. The van der Waals surface area contributed by atoms with Gasteiger partial charge in [0.2, 0.25) is 0 Å². The second-order valence-corrected chi connectivity index (χ2v) is 3.08. The van der Waals surface area contributed by atoms with E-state index in [0.29, 0.717) is 0 Å². The van der Waals surface area contributed by atoms with Crippen molar-refractivity contribution in [3.05, 3.63) is 35.4 Å². The molecule has 0 heterocycles. The van der Waals surface area contributed by atoms with Gasteiger partial charge in [0, 0.05) is 5.56 Å². The van der Waals surface area contributed by atoms with Crippen molar-refractivity contribution in [3.63, 3.8) is 0 Å². The van der Waals surface area contributed by atoms with Gasteiger partial charge in [-0.05, 0) is 12.5 Å². The summed E-state index contributed by atoms with van der Waals surface area (Å²) in [6, 6.07) is 7.85. The number of benzene rings is 1. The molecule has 1 aromatic rings. The molecule has 0 fully saturated rings. The van der Waals surface area contributed by atoms with E-state index < -0.39 is 0 Å². The van der Waals surface area contributed by atoms with Gasteiger partial charge in [-0.1, -0.05) is 24.3 Å². The first kappa shape index (κ1) is 10.3. The molecule has 0 saturated carbocycles. The van der Waals surface area contributed by atoms with Gasteiger partial charge in [-0.25, -0.2) is 4.58 Å². The van der Waals surface area contributed by atoms with Gasteiger partial charge < -0.3 is 5.41 Å². The van der Waals surface area contributed by atoms with Crippen LogP contribution < -0.4 is 0 Å². The Labute approximate surface area is 83.7 Å². The predicted octanol–water partition coefficient (Wildman–Crippen LogP) is 1.68. The Morgan fingerprint density at radius 2 is 1.93 bits per heavy atom. The van der Waals surface area contributed by atoms with Crippen LogP contribution in [-0.2, 0) is 0 Å². The minimum atomic E-state index is 0.734. The second-order valence-electron chi connectivity index (χ2n) is 3.08. The largest absolute Gasteiger partial charge is 0.304 e. The van der Waals surface area contributed by atoms with E-state index in [4.69, 9.17) is 10.8 Å². The molecule has 0 aliphatic rings. The summed E-state index contributed by atoms with van der Waals surface area (Å²) in [5, 5.41) is 14.5. The van der Waals surface area contributed by atoms with Crippen LogP contribution >= 0.6 is 0 Å². The number of nitrogens with one attached hydrogen (secondary N) is 2. The van der Waals surface area contributed by atoms with Crippen LogP contribution in [0.15, 0.2) is 24.3 Å². The van der Waals surface area contributed by atoms with Crippen molar-refractivity contribution in [3.8, 4) is 0 Å².